The molecule has 2 saturated carbocycles. The van der Waals surface area contributed by atoms with Crippen LogP contribution in [0.2, 0.25) is 0 Å². The van der Waals surface area contributed by atoms with Crippen LogP contribution in [-0.4, -0.2) is 20.4 Å². The van der Waals surface area contributed by atoms with Crippen molar-refractivity contribution in [1.29, 1.82) is 0 Å². The summed E-state index contributed by atoms with van der Waals surface area (Å²) in [6.45, 7) is 2.04. The summed E-state index contributed by atoms with van der Waals surface area (Å²) in [6.07, 6.45) is 4.96. The third-order valence-corrected chi connectivity index (χ3v) is 7.72. The molecule has 2 N–H and O–H groups in total. The van der Waals surface area contributed by atoms with Crippen LogP contribution in [-0.2, 0) is 10.0 Å². The molecule has 2 bridgehead atoms. The van der Waals surface area contributed by atoms with Gasteiger partial charge in [0.2, 0.25) is 0 Å². The molecule has 29 heavy (non-hydrogen) atoms. The van der Waals surface area contributed by atoms with Crippen LogP contribution >= 0.6 is 0 Å². The number of sulfonamides is 1. The molecule has 7 heteroatoms. The van der Waals surface area contributed by atoms with Crippen molar-refractivity contribution in [2.75, 3.05) is 4.72 Å². The second-order valence-corrected chi connectivity index (χ2v) is 9.89. The van der Waals surface area contributed by atoms with E-state index < -0.39 is 15.8 Å². The predicted octanol–water partition coefficient (Wildman–Crippen LogP) is 4.18. The van der Waals surface area contributed by atoms with Crippen LogP contribution in [0.3, 0.4) is 0 Å². The van der Waals surface area contributed by atoms with Crippen LogP contribution in [0.5, 0.6) is 0 Å². The smallest absolute Gasteiger partial charge is 0.261 e. The molecule has 2 aromatic rings. The summed E-state index contributed by atoms with van der Waals surface area (Å²) in [4.78, 5) is 12.8. The molecule has 2 aromatic carbocycles. The molecule has 0 spiro atoms. The number of hydrogen-bond acceptors (Lipinski definition) is 3. The number of carbonyl (C=O) groups is 1. The van der Waals surface area contributed by atoms with Crippen molar-refractivity contribution in [2.24, 2.45) is 17.8 Å². The van der Waals surface area contributed by atoms with E-state index in [1.54, 1.807) is 24.3 Å². The molecule has 2 aliphatic carbocycles. The van der Waals surface area contributed by atoms with Gasteiger partial charge in [-0.3, -0.25) is 9.52 Å². The average Bonchev–Trinajstić information content (AvgIpc) is 3.32. The van der Waals surface area contributed by atoms with Crippen molar-refractivity contribution in [1.82, 2.24) is 5.32 Å². The standard InChI is InChI=1S/C22H25FN2O3S/c1-14(20-13-15-6-7-16(20)12-15)24-22(26)19-4-2-3-5-21(19)25-29(27,28)18-10-8-17(23)9-11-18/h2-5,8-11,14-16,20,25H,6-7,12-13H2,1H3,(H,24,26)/t14-,15-,16-,20-/m0/s1. The summed E-state index contributed by atoms with van der Waals surface area (Å²) in [5, 5.41) is 3.07. The van der Waals surface area contributed by atoms with E-state index in [0.717, 1.165) is 24.5 Å². The molecular weight excluding hydrogens is 391 g/mol. The molecule has 0 aromatic heterocycles. The van der Waals surface area contributed by atoms with Gasteiger partial charge in [0, 0.05) is 6.04 Å². The van der Waals surface area contributed by atoms with Gasteiger partial charge in [0.15, 0.2) is 0 Å². The Morgan fingerprint density at radius 3 is 2.45 bits per heavy atom. The van der Waals surface area contributed by atoms with Gasteiger partial charge in [-0.2, -0.15) is 0 Å². The fraction of sp³-hybridized carbons (Fsp3) is 0.409. The minimum Gasteiger partial charge on any atom is -0.349 e. The average molecular weight is 417 g/mol. The Morgan fingerprint density at radius 2 is 1.79 bits per heavy atom. The zero-order chi connectivity index (χ0) is 20.6. The molecule has 4 atom stereocenters. The van der Waals surface area contributed by atoms with E-state index in [9.17, 15) is 17.6 Å². The molecule has 0 saturated heterocycles. The third kappa shape index (κ3) is 4.15. The Hall–Kier alpha value is -2.41. The molecule has 2 aliphatic rings. The molecule has 0 aliphatic heterocycles. The van der Waals surface area contributed by atoms with Crippen molar-refractivity contribution >= 4 is 21.6 Å². The Balaban J connectivity index is 1.50. The Morgan fingerprint density at radius 1 is 1.07 bits per heavy atom. The zero-order valence-corrected chi connectivity index (χ0v) is 17.1. The van der Waals surface area contributed by atoms with Gasteiger partial charge in [-0.05, 0) is 80.3 Å². The van der Waals surface area contributed by atoms with E-state index in [1.165, 1.54) is 31.4 Å². The summed E-state index contributed by atoms with van der Waals surface area (Å²) in [7, 11) is -3.93. The van der Waals surface area contributed by atoms with Crippen molar-refractivity contribution < 1.29 is 17.6 Å². The summed E-state index contributed by atoms with van der Waals surface area (Å²) in [6, 6.07) is 11.1. The van der Waals surface area contributed by atoms with Crippen molar-refractivity contribution in [2.45, 2.75) is 43.5 Å². The van der Waals surface area contributed by atoms with Gasteiger partial charge in [0.25, 0.3) is 15.9 Å². The normalized spacial score (nSPS) is 24.3. The van der Waals surface area contributed by atoms with Crippen molar-refractivity contribution in [3.8, 4) is 0 Å². The molecule has 0 unspecified atom stereocenters. The lowest BCUT2D eigenvalue weighted by Crippen LogP contribution is -2.40. The second-order valence-electron chi connectivity index (χ2n) is 8.21. The highest BCUT2D eigenvalue weighted by Gasteiger charge is 2.42. The molecule has 154 valence electrons. The highest BCUT2D eigenvalue weighted by atomic mass is 32.2. The molecule has 5 nitrogen and oxygen atoms in total. The lowest BCUT2D eigenvalue weighted by Gasteiger charge is -2.28. The van der Waals surface area contributed by atoms with Crippen LogP contribution in [0.15, 0.2) is 53.4 Å². The molecule has 4 rings (SSSR count). The quantitative estimate of drug-likeness (QED) is 0.742. The highest BCUT2D eigenvalue weighted by Crippen LogP contribution is 2.49. The predicted molar refractivity (Wildman–Crippen MR) is 110 cm³/mol. The monoisotopic (exact) mass is 416 g/mol. The molecule has 0 radical (unpaired) electrons. The van der Waals surface area contributed by atoms with E-state index in [4.69, 9.17) is 0 Å². The van der Waals surface area contributed by atoms with E-state index in [-0.39, 0.29) is 28.1 Å². The summed E-state index contributed by atoms with van der Waals surface area (Å²) >= 11 is 0. The number of benzene rings is 2. The number of carbonyl (C=O) groups excluding carboxylic acids is 1. The first-order chi connectivity index (χ1) is 13.8. The number of nitrogens with one attached hydrogen (secondary N) is 2. The van der Waals surface area contributed by atoms with E-state index in [1.807, 2.05) is 6.92 Å². The first-order valence-corrected chi connectivity index (χ1v) is 11.5. The number of anilines is 1. The maximum absolute atomic E-state index is 13.1. The van der Waals surface area contributed by atoms with Gasteiger partial charge in [0.05, 0.1) is 16.1 Å². The van der Waals surface area contributed by atoms with Crippen molar-refractivity contribution in [3.63, 3.8) is 0 Å². The number of fused-ring (bicyclic) bond motifs is 2. The highest BCUT2D eigenvalue weighted by molar-refractivity contribution is 7.92. The Labute approximate surface area is 170 Å². The van der Waals surface area contributed by atoms with Crippen molar-refractivity contribution in [3.05, 3.63) is 59.9 Å². The molecular formula is C22H25FN2O3S. The maximum Gasteiger partial charge on any atom is 0.261 e. The van der Waals surface area contributed by atoms with Gasteiger partial charge in [0.1, 0.15) is 5.82 Å². The van der Waals surface area contributed by atoms with Crippen LogP contribution in [0, 0.1) is 23.6 Å². The minimum atomic E-state index is -3.93. The Bertz CT molecular complexity index is 1010. The van der Waals surface area contributed by atoms with Crippen LogP contribution in [0.4, 0.5) is 10.1 Å². The fourth-order valence-electron chi connectivity index (χ4n) is 4.89. The SMILES string of the molecule is C[C@H](NC(=O)c1ccccc1NS(=O)(=O)c1ccc(F)cc1)[C@@H]1C[C@H]2CC[C@H]1C2. The first kappa shape index (κ1) is 19.9. The number of rotatable bonds is 6. The van der Waals surface area contributed by atoms with Gasteiger partial charge in [-0.1, -0.05) is 18.6 Å². The topological polar surface area (TPSA) is 75.3 Å². The molecule has 2 fully saturated rings. The molecule has 0 heterocycles. The lowest BCUT2D eigenvalue weighted by atomic mass is 9.84. The van der Waals surface area contributed by atoms with E-state index in [2.05, 4.69) is 10.0 Å². The largest absolute Gasteiger partial charge is 0.349 e. The number of hydrogen-bond donors (Lipinski definition) is 2. The summed E-state index contributed by atoms with van der Waals surface area (Å²) in [5.74, 6) is 1.15. The van der Waals surface area contributed by atoms with Crippen LogP contribution < -0.4 is 10.0 Å². The first-order valence-electron chi connectivity index (χ1n) is 10.0. The minimum absolute atomic E-state index is 0.0413. The fourth-order valence-corrected chi connectivity index (χ4v) is 5.97. The van der Waals surface area contributed by atoms with Crippen LogP contribution in [0.25, 0.3) is 0 Å². The van der Waals surface area contributed by atoms with Crippen LogP contribution in [0.1, 0.15) is 43.0 Å². The summed E-state index contributed by atoms with van der Waals surface area (Å²) in [5.41, 5.74) is 0.475. The van der Waals surface area contributed by atoms with E-state index in [0.29, 0.717) is 11.8 Å². The number of para-hydroxylation sites is 1. The number of amides is 1. The molecule has 1 amide bonds. The van der Waals surface area contributed by atoms with Gasteiger partial charge < -0.3 is 5.32 Å². The Kier molecular flexibility index (Phi) is 5.34. The zero-order valence-electron chi connectivity index (χ0n) is 16.3. The lowest BCUT2D eigenvalue weighted by molar-refractivity contribution is 0.0916. The summed E-state index contributed by atoms with van der Waals surface area (Å²) < 4.78 is 40.9. The number of halogens is 1. The van der Waals surface area contributed by atoms with Gasteiger partial charge in [-0.15, -0.1) is 0 Å². The maximum atomic E-state index is 13.1. The van der Waals surface area contributed by atoms with Gasteiger partial charge in [-0.25, -0.2) is 12.8 Å². The third-order valence-electron chi connectivity index (χ3n) is 6.33. The second kappa shape index (κ2) is 7.78. The van der Waals surface area contributed by atoms with E-state index >= 15 is 0 Å². The van der Waals surface area contributed by atoms with Gasteiger partial charge >= 0.3 is 0 Å².